The lowest BCUT2D eigenvalue weighted by molar-refractivity contribution is -0.973. The van der Waals surface area contributed by atoms with Crippen LogP contribution in [-0.4, -0.2) is 29.7 Å². The molecule has 0 heterocycles. The van der Waals surface area contributed by atoms with E-state index in [0.29, 0.717) is 0 Å². The molecule has 0 saturated heterocycles. The summed E-state index contributed by atoms with van der Waals surface area (Å²) >= 11 is 0. The molecule has 0 aromatic heterocycles. The Morgan fingerprint density at radius 1 is 0.909 bits per heavy atom. The van der Waals surface area contributed by atoms with E-state index in [2.05, 4.69) is 55.6 Å². The largest absolute Gasteiger partial charge is 0.283 e. The lowest BCUT2D eigenvalue weighted by Gasteiger charge is -2.47. The van der Waals surface area contributed by atoms with Gasteiger partial charge in [0.2, 0.25) is 5.54 Å². The highest BCUT2D eigenvalue weighted by molar-refractivity contribution is 4.77. The molecule has 0 amide bonds. The summed E-state index contributed by atoms with van der Waals surface area (Å²) in [6.45, 7) is 15.3. The Labute approximate surface area is 72.0 Å². The second-order valence-electron chi connectivity index (χ2n) is 5.44. The van der Waals surface area contributed by atoms with Crippen LogP contribution in [0.2, 0.25) is 0 Å². The first-order chi connectivity index (χ1) is 4.50. The van der Waals surface area contributed by atoms with Gasteiger partial charge in [-0.1, -0.05) is 0 Å². The van der Waals surface area contributed by atoms with Crippen LogP contribution in [0.25, 0.3) is 0 Å². The van der Waals surface area contributed by atoms with Crippen LogP contribution in [0.3, 0.4) is 0 Å². The van der Waals surface area contributed by atoms with Crippen LogP contribution < -0.4 is 0 Å². The maximum absolute atomic E-state index is 4.18. The minimum absolute atomic E-state index is 0.0677. The summed E-state index contributed by atoms with van der Waals surface area (Å²) in [6, 6.07) is 0. The molecule has 0 aliphatic rings. The zero-order valence-corrected chi connectivity index (χ0v) is 9.15. The third-order valence-electron chi connectivity index (χ3n) is 3.19. The van der Waals surface area contributed by atoms with E-state index in [1.807, 2.05) is 0 Å². The van der Waals surface area contributed by atoms with E-state index in [1.54, 1.807) is 0 Å². The summed E-state index contributed by atoms with van der Waals surface area (Å²) in [5.74, 6) is 0. The number of rotatable bonds is 1. The molecule has 0 aromatic carbocycles. The normalized spacial score (nSPS) is 15.2. The molecule has 0 atom stereocenters. The predicted molar refractivity (Wildman–Crippen MR) is 51.3 cm³/mol. The minimum Gasteiger partial charge on any atom is -0.283 e. The molecule has 11 heavy (non-hydrogen) atoms. The Balaban J connectivity index is 4.75. The van der Waals surface area contributed by atoms with Gasteiger partial charge < -0.3 is 0 Å². The highest BCUT2D eigenvalue weighted by atomic mass is 15.4. The van der Waals surface area contributed by atoms with Crippen molar-refractivity contribution >= 4 is 0 Å². The molecule has 1 nitrogen and oxygen atoms in total. The van der Waals surface area contributed by atoms with Crippen LogP contribution >= 0.6 is 0 Å². The fraction of sp³-hybridized carbons (Fsp3) is 0.900. The van der Waals surface area contributed by atoms with Crippen molar-refractivity contribution in [2.24, 2.45) is 0 Å². The van der Waals surface area contributed by atoms with E-state index in [1.165, 1.54) is 0 Å². The highest BCUT2D eigenvalue weighted by Crippen LogP contribution is 2.29. The Hall–Kier alpha value is -0.170. The second kappa shape index (κ2) is 2.41. The summed E-state index contributed by atoms with van der Waals surface area (Å²) in [5, 5.41) is 0. The van der Waals surface area contributed by atoms with E-state index < -0.39 is 0 Å². The summed E-state index contributed by atoms with van der Waals surface area (Å²) in [7, 11) is 4.46. The summed E-state index contributed by atoms with van der Waals surface area (Å²) in [5.41, 5.74) is 0.323. The molecule has 66 valence electrons. The molecule has 0 N–H and O–H groups in total. The van der Waals surface area contributed by atoms with E-state index >= 15 is 0 Å². The molecule has 0 saturated carbocycles. The first kappa shape index (κ1) is 10.8. The van der Waals surface area contributed by atoms with Gasteiger partial charge >= 0.3 is 0 Å². The second-order valence-corrected chi connectivity index (χ2v) is 5.44. The number of hydrogen-bond acceptors (Lipinski definition) is 0. The van der Waals surface area contributed by atoms with Crippen LogP contribution in [0, 0.1) is 6.92 Å². The molecule has 1 heteroatoms. The van der Waals surface area contributed by atoms with Crippen LogP contribution in [0.5, 0.6) is 0 Å². The van der Waals surface area contributed by atoms with Crippen molar-refractivity contribution in [2.45, 2.75) is 45.7 Å². The Morgan fingerprint density at radius 3 is 1.18 bits per heavy atom. The van der Waals surface area contributed by atoms with Gasteiger partial charge in [0.15, 0.2) is 0 Å². The van der Waals surface area contributed by atoms with Crippen molar-refractivity contribution in [2.75, 3.05) is 14.1 Å². The Morgan fingerprint density at radius 2 is 1.18 bits per heavy atom. The topological polar surface area (TPSA) is 0 Å². The van der Waals surface area contributed by atoms with Gasteiger partial charge in [0, 0.05) is 13.8 Å². The van der Waals surface area contributed by atoms with E-state index in [0.717, 1.165) is 4.48 Å². The first-order valence-electron chi connectivity index (χ1n) is 4.20. The summed E-state index contributed by atoms with van der Waals surface area (Å²) in [4.78, 5) is 0. The van der Waals surface area contributed by atoms with Crippen molar-refractivity contribution in [3.63, 3.8) is 0 Å². The first-order valence-corrected chi connectivity index (χ1v) is 4.20. The molecule has 0 rings (SSSR count). The Bertz CT molecular complexity index is 116. The fourth-order valence-electron chi connectivity index (χ4n) is 0.908. The number of nitrogens with zero attached hydrogens (tertiary/aromatic N) is 1. The van der Waals surface area contributed by atoms with Crippen LogP contribution in [0.1, 0.15) is 34.6 Å². The SMILES string of the molecule is [CH2+]C(C)(C)[N+](C)(C)C(C)(C)C. The van der Waals surface area contributed by atoms with Crippen LogP contribution in [-0.2, 0) is 0 Å². The van der Waals surface area contributed by atoms with E-state index in [-0.39, 0.29) is 11.1 Å². The zero-order valence-electron chi connectivity index (χ0n) is 9.15. The summed E-state index contributed by atoms with van der Waals surface area (Å²) < 4.78 is 0.931. The average molecular weight is 157 g/mol. The maximum Gasteiger partial charge on any atom is 0.221 e. The quantitative estimate of drug-likeness (QED) is 0.405. The van der Waals surface area contributed by atoms with E-state index in [9.17, 15) is 0 Å². The van der Waals surface area contributed by atoms with Gasteiger partial charge in [-0.15, -0.1) is 0 Å². The van der Waals surface area contributed by atoms with Gasteiger partial charge in [-0.25, -0.2) is 0 Å². The molecule has 0 unspecified atom stereocenters. The lowest BCUT2D eigenvalue weighted by atomic mass is 9.93. The lowest BCUT2D eigenvalue weighted by Crippen LogP contribution is -2.64. The summed E-state index contributed by atoms with van der Waals surface area (Å²) in [6.07, 6.45) is 0. The van der Waals surface area contributed by atoms with Gasteiger partial charge in [0.1, 0.15) is 6.92 Å². The smallest absolute Gasteiger partial charge is 0.221 e. The van der Waals surface area contributed by atoms with Crippen molar-refractivity contribution < 1.29 is 4.48 Å². The van der Waals surface area contributed by atoms with Gasteiger partial charge in [-0.2, -0.15) is 0 Å². The Kier molecular flexibility index (Phi) is 2.37. The van der Waals surface area contributed by atoms with Crippen molar-refractivity contribution in [1.29, 1.82) is 0 Å². The molecular weight excluding hydrogens is 134 g/mol. The molecule has 0 aliphatic carbocycles. The van der Waals surface area contributed by atoms with Crippen molar-refractivity contribution in [3.05, 3.63) is 6.92 Å². The average Bonchev–Trinajstić information content (AvgIpc) is 1.58. The molecule has 0 bridgehead atoms. The van der Waals surface area contributed by atoms with Gasteiger partial charge in [-0.05, 0) is 20.8 Å². The van der Waals surface area contributed by atoms with E-state index in [4.69, 9.17) is 0 Å². The predicted octanol–water partition coefficient (Wildman–Crippen LogP) is 2.47. The molecule has 0 aromatic rings. The standard InChI is InChI=1S/C10H23N/c1-9(2,3)11(7,8)10(4,5)6/h1H2,2-8H3/q+2. The number of quaternary nitrogens is 1. The minimum atomic E-state index is 0.0677. The van der Waals surface area contributed by atoms with Crippen LogP contribution in [0.4, 0.5) is 0 Å². The van der Waals surface area contributed by atoms with Crippen molar-refractivity contribution in [1.82, 2.24) is 0 Å². The number of hydrogen-bond donors (Lipinski definition) is 0. The fourth-order valence-corrected chi connectivity index (χ4v) is 0.908. The molecular formula is C10H23N+2. The molecule has 0 radical (unpaired) electrons. The van der Waals surface area contributed by atoms with Gasteiger partial charge in [0.05, 0.1) is 19.6 Å². The third-order valence-corrected chi connectivity index (χ3v) is 3.19. The monoisotopic (exact) mass is 157 g/mol. The molecule has 0 aliphatic heterocycles. The molecule has 0 fully saturated rings. The van der Waals surface area contributed by atoms with Crippen molar-refractivity contribution in [3.8, 4) is 0 Å². The third kappa shape index (κ3) is 1.90. The molecule has 0 spiro atoms. The van der Waals surface area contributed by atoms with Crippen LogP contribution in [0.15, 0.2) is 0 Å². The van der Waals surface area contributed by atoms with Gasteiger partial charge in [0.25, 0.3) is 0 Å². The maximum atomic E-state index is 4.18. The highest BCUT2D eigenvalue weighted by Gasteiger charge is 2.46. The van der Waals surface area contributed by atoms with Gasteiger partial charge in [-0.3, -0.25) is 4.48 Å². The zero-order chi connectivity index (χ0) is 9.50.